The summed E-state index contributed by atoms with van der Waals surface area (Å²) in [5.74, 6) is -11.4. The molecule has 0 saturated heterocycles. The van der Waals surface area contributed by atoms with Gasteiger partial charge in [0.2, 0.25) is 0 Å². The summed E-state index contributed by atoms with van der Waals surface area (Å²) in [6.45, 7) is 3.78. The fraction of sp³-hybridized carbons (Fsp3) is 0.235. The van der Waals surface area contributed by atoms with Gasteiger partial charge in [0.25, 0.3) is 0 Å². The normalized spacial score (nSPS) is 17.0. The standard InChI is InChI=1S/C34H25F9O/c1-2-3-18-4-6-19(7-5-18)20-8-10-24(26(35)12-20)21-9-11-25(27(36)13-21)22-14-28(37)32(29(38)15-22)34(42,43)44-23-16-30(39)33(41)31(40)17-23/h2,8-19H,1,3-7H2. The van der Waals surface area contributed by atoms with Crippen LogP contribution in [0.2, 0.25) is 0 Å². The van der Waals surface area contributed by atoms with E-state index >= 15 is 8.78 Å². The van der Waals surface area contributed by atoms with Crippen LogP contribution in [-0.4, -0.2) is 0 Å². The molecule has 5 rings (SSSR count). The number of alkyl halides is 2. The Morgan fingerprint density at radius 2 is 1.20 bits per heavy atom. The molecular weight excluding hydrogens is 595 g/mol. The molecule has 4 aromatic rings. The van der Waals surface area contributed by atoms with Crippen molar-refractivity contribution in [2.24, 2.45) is 5.92 Å². The van der Waals surface area contributed by atoms with Crippen LogP contribution in [0.3, 0.4) is 0 Å². The monoisotopic (exact) mass is 620 g/mol. The van der Waals surface area contributed by atoms with Gasteiger partial charge < -0.3 is 4.74 Å². The average molecular weight is 621 g/mol. The lowest BCUT2D eigenvalue weighted by Crippen LogP contribution is -2.25. The van der Waals surface area contributed by atoms with E-state index in [1.54, 1.807) is 12.1 Å². The number of ether oxygens (including phenoxy) is 1. The Balaban J connectivity index is 1.37. The van der Waals surface area contributed by atoms with Crippen molar-refractivity contribution in [3.8, 4) is 28.0 Å². The van der Waals surface area contributed by atoms with E-state index < -0.39 is 63.7 Å². The minimum absolute atomic E-state index is 0.0828. The highest BCUT2D eigenvalue weighted by molar-refractivity contribution is 5.72. The van der Waals surface area contributed by atoms with Crippen LogP contribution in [0.1, 0.15) is 49.1 Å². The lowest BCUT2D eigenvalue weighted by Gasteiger charge is -2.28. The van der Waals surface area contributed by atoms with Gasteiger partial charge in [0.05, 0.1) is 0 Å². The molecule has 1 aliphatic rings. The van der Waals surface area contributed by atoms with Crippen molar-refractivity contribution in [2.45, 2.75) is 44.1 Å². The van der Waals surface area contributed by atoms with Crippen LogP contribution < -0.4 is 4.74 Å². The highest BCUT2D eigenvalue weighted by Crippen LogP contribution is 2.40. The number of hydrogen-bond acceptors (Lipinski definition) is 1. The van der Waals surface area contributed by atoms with Gasteiger partial charge >= 0.3 is 6.11 Å². The second kappa shape index (κ2) is 12.4. The minimum Gasteiger partial charge on any atom is -0.429 e. The number of halogens is 9. The van der Waals surface area contributed by atoms with Crippen LogP contribution in [0.5, 0.6) is 5.75 Å². The Kier molecular flexibility index (Phi) is 8.81. The summed E-state index contributed by atoms with van der Waals surface area (Å²) in [6, 6.07) is 9.22. The van der Waals surface area contributed by atoms with Crippen LogP contribution in [-0.2, 0) is 6.11 Å². The van der Waals surface area contributed by atoms with Gasteiger partial charge in [0.1, 0.15) is 34.6 Å². The number of allylic oxidation sites excluding steroid dienone is 1. The molecule has 0 atom stereocenters. The molecule has 10 heteroatoms. The van der Waals surface area contributed by atoms with Crippen molar-refractivity contribution >= 4 is 0 Å². The second-order valence-corrected chi connectivity index (χ2v) is 10.8. The Labute approximate surface area is 247 Å². The maximum absolute atomic E-state index is 15.2. The Hall–Kier alpha value is -4.21. The first-order valence-electron chi connectivity index (χ1n) is 13.8. The van der Waals surface area contributed by atoms with Crippen LogP contribution >= 0.6 is 0 Å². The maximum Gasteiger partial charge on any atom is 0.432 e. The van der Waals surface area contributed by atoms with Crippen LogP contribution in [0, 0.1) is 46.6 Å². The SMILES string of the molecule is C=CCC1CCC(c2ccc(-c3ccc(-c4cc(F)c(C(F)(F)Oc5cc(F)c(F)c(F)c5)c(F)c4)c(F)c3)c(F)c2)CC1. The zero-order valence-corrected chi connectivity index (χ0v) is 23.1. The molecule has 0 bridgehead atoms. The van der Waals surface area contributed by atoms with Crippen molar-refractivity contribution in [3.05, 3.63) is 125 Å². The van der Waals surface area contributed by atoms with E-state index in [0.29, 0.717) is 18.1 Å². The lowest BCUT2D eigenvalue weighted by molar-refractivity contribution is -0.189. The summed E-state index contributed by atoms with van der Waals surface area (Å²) in [6.07, 6.45) is 1.96. The van der Waals surface area contributed by atoms with Crippen molar-refractivity contribution in [1.82, 2.24) is 0 Å². The van der Waals surface area contributed by atoms with Gasteiger partial charge in [0, 0.05) is 23.3 Å². The van der Waals surface area contributed by atoms with Crippen LogP contribution in [0.25, 0.3) is 22.3 Å². The van der Waals surface area contributed by atoms with E-state index in [4.69, 9.17) is 0 Å². The molecule has 4 aromatic carbocycles. The predicted molar refractivity (Wildman–Crippen MR) is 147 cm³/mol. The van der Waals surface area contributed by atoms with E-state index in [0.717, 1.165) is 49.8 Å². The van der Waals surface area contributed by atoms with Gasteiger partial charge in [-0.25, -0.2) is 30.7 Å². The Morgan fingerprint density at radius 1 is 0.659 bits per heavy atom. The van der Waals surface area contributed by atoms with Crippen molar-refractivity contribution < 1.29 is 44.3 Å². The smallest absolute Gasteiger partial charge is 0.429 e. The van der Waals surface area contributed by atoms with Gasteiger partial charge in [-0.15, -0.1) is 6.58 Å². The lowest BCUT2D eigenvalue weighted by atomic mass is 9.77. The zero-order valence-electron chi connectivity index (χ0n) is 23.1. The van der Waals surface area contributed by atoms with Gasteiger partial charge in [-0.1, -0.05) is 30.3 Å². The molecule has 44 heavy (non-hydrogen) atoms. The van der Waals surface area contributed by atoms with Crippen molar-refractivity contribution in [2.75, 3.05) is 0 Å². The molecule has 0 amide bonds. The van der Waals surface area contributed by atoms with Gasteiger partial charge in [0.15, 0.2) is 17.5 Å². The van der Waals surface area contributed by atoms with Crippen LogP contribution in [0.15, 0.2) is 73.3 Å². The molecule has 0 spiro atoms. The van der Waals surface area contributed by atoms with Crippen LogP contribution in [0.4, 0.5) is 39.5 Å². The predicted octanol–water partition coefficient (Wildman–Crippen LogP) is 11.0. The zero-order chi connectivity index (χ0) is 31.8. The maximum atomic E-state index is 15.2. The molecule has 0 aromatic heterocycles. The molecule has 0 N–H and O–H groups in total. The largest absolute Gasteiger partial charge is 0.432 e. The number of rotatable bonds is 8. The number of benzene rings is 4. The van der Waals surface area contributed by atoms with E-state index in [-0.39, 0.29) is 34.7 Å². The van der Waals surface area contributed by atoms with E-state index in [1.807, 2.05) is 6.08 Å². The summed E-state index contributed by atoms with van der Waals surface area (Å²) >= 11 is 0. The first kappa shape index (κ1) is 31.2. The topological polar surface area (TPSA) is 9.23 Å². The summed E-state index contributed by atoms with van der Waals surface area (Å²) in [7, 11) is 0. The van der Waals surface area contributed by atoms with Crippen molar-refractivity contribution in [3.63, 3.8) is 0 Å². The summed E-state index contributed by atoms with van der Waals surface area (Å²) in [4.78, 5) is 0. The third kappa shape index (κ3) is 6.34. The molecule has 0 unspecified atom stereocenters. The molecular formula is C34H25F9O. The Bertz CT molecular complexity index is 1660. The number of hydrogen-bond donors (Lipinski definition) is 0. The molecule has 230 valence electrons. The molecule has 0 heterocycles. The molecule has 1 saturated carbocycles. The molecule has 1 aliphatic carbocycles. The third-order valence-electron chi connectivity index (χ3n) is 7.94. The van der Waals surface area contributed by atoms with Gasteiger partial charge in [-0.3, -0.25) is 0 Å². The Morgan fingerprint density at radius 3 is 1.77 bits per heavy atom. The second-order valence-electron chi connectivity index (χ2n) is 10.8. The fourth-order valence-corrected chi connectivity index (χ4v) is 5.70. The van der Waals surface area contributed by atoms with E-state index in [1.165, 1.54) is 12.1 Å². The first-order chi connectivity index (χ1) is 20.9. The molecule has 1 fully saturated rings. The molecule has 1 nitrogen and oxygen atoms in total. The first-order valence-corrected chi connectivity index (χ1v) is 13.8. The van der Waals surface area contributed by atoms with E-state index in [9.17, 15) is 30.7 Å². The summed E-state index contributed by atoms with van der Waals surface area (Å²) in [5.41, 5.74) is -1.62. The van der Waals surface area contributed by atoms with Crippen molar-refractivity contribution in [1.29, 1.82) is 0 Å². The molecule has 0 radical (unpaired) electrons. The summed E-state index contributed by atoms with van der Waals surface area (Å²) in [5, 5.41) is 0. The highest BCUT2D eigenvalue weighted by Gasteiger charge is 2.41. The quantitative estimate of drug-likeness (QED) is 0.108. The van der Waals surface area contributed by atoms with E-state index in [2.05, 4.69) is 11.3 Å². The third-order valence-corrected chi connectivity index (χ3v) is 7.94. The fourth-order valence-electron chi connectivity index (χ4n) is 5.70. The average Bonchev–Trinajstić information content (AvgIpc) is 2.95. The van der Waals surface area contributed by atoms with Gasteiger partial charge in [-0.05, 0) is 84.9 Å². The van der Waals surface area contributed by atoms with Gasteiger partial charge in [-0.2, -0.15) is 8.78 Å². The summed E-state index contributed by atoms with van der Waals surface area (Å²) < 4.78 is 133. The minimum atomic E-state index is -4.79. The highest BCUT2D eigenvalue weighted by atomic mass is 19.3. The molecule has 0 aliphatic heterocycles.